The number of ether oxygens (including phenoxy) is 4. The Morgan fingerprint density at radius 1 is 0.824 bits per heavy atom. The zero-order valence-electron chi connectivity index (χ0n) is 39.9. The Hall–Kier alpha value is -6.00. The largest absolute Gasteiger partial charge is 0.453 e. The summed E-state index contributed by atoms with van der Waals surface area (Å²) in [7, 11) is 5.65. The third kappa shape index (κ3) is 7.58. The van der Waals surface area contributed by atoms with Gasteiger partial charge < -0.3 is 49.7 Å². The van der Waals surface area contributed by atoms with Crippen LogP contribution in [0.3, 0.4) is 0 Å². The average Bonchev–Trinajstić information content (AvgIpc) is 4.12. The molecule has 0 bridgehead atoms. The Kier molecular flexibility index (Phi) is 12.0. The molecule has 16 nitrogen and oxygen atoms in total. The van der Waals surface area contributed by atoms with Crippen molar-refractivity contribution < 1.29 is 42.9 Å². The smallest absolute Gasteiger partial charge is 0.407 e. The van der Waals surface area contributed by atoms with Gasteiger partial charge in [-0.15, -0.1) is 0 Å². The standard InChI is InChI=1S/C52H63N7O9/c1-26(65-4)42(56-50(63)67-6)48(61)58-39-14-9-8-11-29(39)23-41(58)47(60)53-31-17-19-33-32-18-15-27(21-35(32)52(2,3)36(33)25-31)28-16-20-37-38(22-28)55-46(54-37)40-24-30-12-10-13-34-44(30)59(40)49(62)43(45(34)66-5)57-51(64)68-7/h15-22,25-26,29-30,34,39-45H,8-14,23-24H2,1-7H3,(H,53,60)(H,54,55)(H,56,63)(H,57,64)/t26-,29+,30?,34?,39+,40+,41?,42+,43+,44-,45-/m1/s1. The highest BCUT2D eigenvalue weighted by molar-refractivity contribution is 6.00. The Morgan fingerprint density at radius 2 is 1.53 bits per heavy atom. The first-order valence-electron chi connectivity index (χ1n) is 24.2. The lowest BCUT2D eigenvalue weighted by molar-refractivity contribution is -0.156. The fourth-order valence-electron chi connectivity index (χ4n) is 13.2. The number of fused-ring (bicyclic) bond motifs is 5. The van der Waals surface area contributed by atoms with Crippen LogP contribution in [0.1, 0.15) is 102 Å². The highest BCUT2D eigenvalue weighted by atomic mass is 16.5. The maximum absolute atomic E-state index is 14.4. The summed E-state index contributed by atoms with van der Waals surface area (Å²) in [5, 5.41) is 8.64. The first-order chi connectivity index (χ1) is 32.8. The number of anilines is 1. The Bertz CT molecular complexity index is 2670. The van der Waals surface area contributed by atoms with E-state index in [1.54, 1.807) is 18.9 Å². The number of hydrogen-bond donors (Lipinski definition) is 4. The second-order valence-electron chi connectivity index (χ2n) is 20.3. The van der Waals surface area contributed by atoms with Crippen LogP contribution in [0.15, 0.2) is 54.6 Å². The maximum atomic E-state index is 14.4. The quantitative estimate of drug-likeness (QED) is 0.126. The number of aromatic nitrogens is 2. The van der Waals surface area contributed by atoms with Gasteiger partial charge in [0, 0.05) is 43.3 Å². The van der Waals surface area contributed by atoms with Gasteiger partial charge in [0.25, 0.3) is 0 Å². The maximum Gasteiger partial charge on any atom is 0.407 e. The van der Waals surface area contributed by atoms with Crippen molar-refractivity contribution in [3.05, 3.63) is 71.5 Å². The molecule has 4 aromatic rings. The number of carbonyl (C=O) groups excluding carboxylic acids is 5. The summed E-state index contributed by atoms with van der Waals surface area (Å²) in [6, 6.07) is 15.9. The number of nitrogens with one attached hydrogen (secondary N) is 4. The highest BCUT2D eigenvalue weighted by Gasteiger charge is 2.59. The highest BCUT2D eigenvalue weighted by Crippen LogP contribution is 2.53. The summed E-state index contributed by atoms with van der Waals surface area (Å²) < 4.78 is 21.2. The number of amides is 5. The van der Waals surface area contributed by atoms with Crippen LogP contribution in [0.4, 0.5) is 15.3 Å². The molecule has 6 aliphatic rings. The number of piperidine rings is 1. The molecule has 3 unspecified atom stereocenters. The molecule has 2 saturated carbocycles. The van der Waals surface area contributed by atoms with Gasteiger partial charge in [-0.05, 0) is 121 Å². The summed E-state index contributed by atoms with van der Waals surface area (Å²) in [6.45, 7) is 6.13. The third-order valence-corrected chi connectivity index (χ3v) is 16.5. The van der Waals surface area contributed by atoms with Crippen molar-refractivity contribution in [2.45, 2.75) is 132 Å². The zero-order chi connectivity index (χ0) is 47.8. The molecule has 0 spiro atoms. The number of H-pyrrole nitrogens is 1. The van der Waals surface area contributed by atoms with E-state index >= 15 is 0 Å². The molecule has 16 heteroatoms. The van der Waals surface area contributed by atoms with Gasteiger partial charge in [-0.3, -0.25) is 14.4 Å². The molecule has 3 aromatic carbocycles. The number of imidazole rings is 1. The lowest BCUT2D eigenvalue weighted by atomic mass is 9.71. The van der Waals surface area contributed by atoms with E-state index in [-0.39, 0.29) is 47.7 Å². The number of likely N-dealkylation sites (tertiary alicyclic amines) is 1. The summed E-state index contributed by atoms with van der Waals surface area (Å²) in [5.74, 6) is 0.570. The Balaban J connectivity index is 0.888. The average molecular weight is 930 g/mol. The first-order valence-corrected chi connectivity index (χ1v) is 24.2. The Morgan fingerprint density at radius 3 is 2.28 bits per heavy atom. The van der Waals surface area contributed by atoms with E-state index in [0.29, 0.717) is 18.0 Å². The summed E-state index contributed by atoms with van der Waals surface area (Å²) >= 11 is 0. The van der Waals surface area contributed by atoms with E-state index in [2.05, 4.69) is 77.2 Å². The molecule has 3 aliphatic carbocycles. The molecule has 3 aliphatic heterocycles. The molecule has 4 N–H and O–H groups in total. The van der Waals surface area contributed by atoms with Gasteiger partial charge in [-0.2, -0.15) is 0 Å². The second-order valence-corrected chi connectivity index (χ2v) is 20.3. The van der Waals surface area contributed by atoms with Crippen LogP contribution in [-0.4, -0.2) is 121 Å². The topological polar surface area (TPSA) is 194 Å². The lowest BCUT2D eigenvalue weighted by Gasteiger charge is -2.49. The summed E-state index contributed by atoms with van der Waals surface area (Å²) in [4.78, 5) is 80.2. The van der Waals surface area contributed by atoms with Crippen LogP contribution in [0.5, 0.6) is 0 Å². The number of benzene rings is 3. The van der Waals surface area contributed by atoms with Crippen molar-refractivity contribution in [3.63, 3.8) is 0 Å². The molecule has 68 heavy (non-hydrogen) atoms. The van der Waals surface area contributed by atoms with Gasteiger partial charge in [0.2, 0.25) is 17.7 Å². The number of carbonyl (C=O) groups is 5. The number of methoxy groups -OCH3 is 4. The van der Waals surface area contributed by atoms with E-state index < -0.39 is 47.9 Å². The molecule has 10 rings (SSSR count). The van der Waals surface area contributed by atoms with Crippen molar-refractivity contribution >= 4 is 46.6 Å². The summed E-state index contributed by atoms with van der Waals surface area (Å²) in [5.41, 5.74) is 8.51. The Labute approximate surface area is 396 Å². The minimum atomic E-state index is -1.02. The molecule has 3 saturated heterocycles. The minimum Gasteiger partial charge on any atom is -0.453 e. The van der Waals surface area contributed by atoms with Gasteiger partial charge in [-0.25, -0.2) is 14.6 Å². The van der Waals surface area contributed by atoms with E-state index in [1.807, 2.05) is 17.0 Å². The summed E-state index contributed by atoms with van der Waals surface area (Å²) in [6.07, 6.45) is 5.61. The predicted molar refractivity (Wildman–Crippen MR) is 253 cm³/mol. The van der Waals surface area contributed by atoms with Crippen LogP contribution in [-0.2, 0) is 38.7 Å². The van der Waals surface area contributed by atoms with Gasteiger partial charge in [-0.1, -0.05) is 57.4 Å². The molecule has 5 fully saturated rings. The van der Waals surface area contributed by atoms with Gasteiger partial charge in [0.1, 0.15) is 23.9 Å². The van der Waals surface area contributed by atoms with Crippen LogP contribution >= 0.6 is 0 Å². The van der Waals surface area contributed by atoms with Crippen molar-refractivity contribution in [2.24, 2.45) is 17.8 Å². The van der Waals surface area contributed by atoms with Crippen LogP contribution in [0.2, 0.25) is 0 Å². The third-order valence-electron chi connectivity index (χ3n) is 16.5. The molecule has 0 radical (unpaired) electrons. The van der Waals surface area contributed by atoms with E-state index in [1.165, 1.54) is 26.9 Å². The van der Waals surface area contributed by atoms with Crippen molar-refractivity contribution in [3.8, 4) is 22.3 Å². The molecule has 5 amide bonds. The minimum absolute atomic E-state index is 0.0103. The molecular weight excluding hydrogens is 867 g/mol. The fraction of sp³-hybridized carbons (Fsp3) is 0.538. The number of hydrogen-bond acceptors (Lipinski definition) is 10. The number of rotatable bonds is 10. The van der Waals surface area contributed by atoms with Gasteiger partial charge in [0.15, 0.2) is 0 Å². The molecular formula is C52H63N7O9. The van der Waals surface area contributed by atoms with E-state index in [4.69, 9.17) is 23.9 Å². The SMILES string of the molecule is COC(=O)N[C@@H]1C(=O)N2[C@@H]3C(CCCC3[C@H]1OC)C[C@H]2c1nc2ccc(-c3ccc4c(c3)C(C)(C)c3cc(NC(=O)C5C[C@@H]6CCCC[C@@H]6N5C(=O)[C@@H](NC(=O)OC)[C@@H](C)OC)ccc3-4)cc2[nH]1. The number of alkyl carbamates (subject to hydrolysis) is 2. The van der Waals surface area contributed by atoms with Crippen molar-refractivity contribution in [1.82, 2.24) is 30.4 Å². The number of aromatic amines is 1. The zero-order valence-corrected chi connectivity index (χ0v) is 39.9. The van der Waals surface area contributed by atoms with Gasteiger partial charge in [0.05, 0.1) is 43.5 Å². The van der Waals surface area contributed by atoms with Crippen LogP contribution in [0.25, 0.3) is 33.3 Å². The van der Waals surface area contributed by atoms with Crippen molar-refractivity contribution in [2.75, 3.05) is 33.8 Å². The van der Waals surface area contributed by atoms with E-state index in [9.17, 15) is 24.0 Å². The van der Waals surface area contributed by atoms with E-state index in [0.717, 1.165) is 96.0 Å². The lowest BCUT2D eigenvalue weighted by Crippen LogP contribution is -2.66. The number of nitrogens with zero attached hydrogens (tertiary/aromatic N) is 3. The molecule has 360 valence electrons. The second kappa shape index (κ2) is 17.8. The molecule has 1 aromatic heterocycles. The molecule has 11 atom stereocenters. The van der Waals surface area contributed by atoms with Crippen LogP contribution in [0, 0.1) is 17.8 Å². The fourth-order valence-corrected chi connectivity index (χ4v) is 13.2. The first kappa shape index (κ1) is 45.8. The van der Waals surface area contributed by atoms with Gasteiger partial charge >= 0.3 is 12.2 Å². The van der Waals surface area contributed by atoms with Crippen molar-refractivity contribution in [1.29, 1.82) is 0 Å². The monoisotopic (exact) mass is 929 g/mol. The predicted octanol–water partition coefficient (Wildman–Crippen LogP) is 7.21. The molecule has 4 heterocycles. The van der Waals surface area contributed by atoms with Crippen LogP contribution < -0.4 is 16.0 Å². The normalized spacial score (nSPS) is 28.5.